The molecule has 10 nitrogen and oxygen atoms in total. The largest absolute Gasteiger partial charge is 0.464 e. The second-order valence-corrected chi connectivity index (χ2v) is 10.3. The summed E-state index contributed by atoms with van der Waals surface area (Å²) in [6.07, 6.45) is 0.988. The number of alkyl carbamates (subject to hydrolysis) is 1. The fourth-order valence-electron chi connectivity index (χ4n) is 4.03. The molecular formula is C30H37N3O7. The molecule has 40 heavy (non-hydrogen) atoms. The van der Waals surface area contributed by atoms with Crippen molar-refractivity contribution >= 4 is 34.8 Å². The van der Waals surface area contributed by atoms with Crippen LogP contribution < -0.4 is 10.6 Å². The number of para-hydroxylation sites is 1. The molecule has 3 aromatic rings. The van der Waals surface area contributed by atoms with Crippen molar-refractivity contribution in [2.24, 2.45) is 0 Å². The SMILES string of the molecule is CCOC(=O)[C@@H](CCC(=O)N[C@H](Cc1c[nH]c2ccccc12)C(=O)OCc1ccccc1)NC(=O)OC(C)(C)C. The predicted octanol–water partition coefficient (Wildman–Crippen LogP) is 4.18. The minimum absolute atomic E-state index is 0.0528. The van der Waals surface area contributed by atoms with Crippen molar-refractivity contribution < 1.29 is 33.4 Å². The Morgan fingerprint density at radius 2 is 1.55 bits per heavy atom. The first-order valence-corrected chi connectivity index (χ1v) is 13.3. The molecular weight excluding hydrogens is 514 g/mol. The first-order valence-electron chi connectivity index (χ1n) is 13.3. The number of H-pyrrole nitrogens is 1. The number of carbonyl (C=O) groups excluding carboxylic acids is 4. The second kappa shape index (κ2) is 14.2. The summed E-state index contributed by atoms with van der Waals surface area (Å²) in [5, 5.41) is 6.16. The van der Waals surface area contributed by atoms with Crippen LogP contribution in [0.2, 0.25) is 0 Å². The zero-order valence-corrected chi connectivity index (χ0v) is 23.3. The molecule has 2 amide bonds. The van der Waals surface area contributed by atoms with Crippen LogP contribution in [0, 0.1) is 0 Å². The average Bonchev–Trinajstić information content (AvgIpc) is 3.31. The van der Waals surface area contributed by atoms with E-state index in [1.807, 2.05) is 54.6 Å². The zero-order chi connectivity index (χ0) is 29.1. The maximum absolute atomic E-state index is 13.1. The number of aromatic amines is 1. The van der Waals surface area contributed by atoms with Gasteiger partial charge in [0.2, 0.25) is 5.91 Å². The van der Waals surface area contributed by atoms with Crippen molar-refractivity contribution in [3.63, 3.8) is 0 Å². The molecule has 0 spiro atoms. The lowest BCUT2D eigenvalue weighted by Gasteiger charge is -2.23. The van der Waals surface area contributed by atoms with E-state index in [1.54, 1.807) is 33.9 Å². The molecule has 0 radical (unpaired) electrons. The van der Waals surface area contributed by atoms with Crippen LogP contribution in [0.4, 0.5) is 4.79 Å². The van der Waals surface area contributed by atoms with E-state index < -0.39 is 41.6 Å². The van der Waals surface area contributed by atoms with Gasteiger partial charge in [0.05, 0.1) is 6.61 Å². The number of aromatic nitrogens is 1. The number of fused-ring (bicyclic) bond motifs is 1. The van der Waals surface area contributed by atoms with Gasteiger partial charge in [-0.25, -0.2) is 14.4 Å². The molecule has 2 aromatic carbocycles. The van der Waals surface area contributed by atoms with E-state index in [-0.39, 0.29) is 32.5 Å². The minimum Gasteiger partial charge on any atom is -0.464 e. The molecule has 1 aromatic heterocycles. The van der Waals surface area contributed by atoms with Crippen LogP contribution in [-0.2, 0) is 41.6 Å². The van der Waals surface area contributed by atoms with Crippen molar-refractivity contribution in [2.75, 3.05) is 6.61 Å². The van der Waals surface area contributed by atoms with Gasteiger partial charge in [0.25, 0.3) is 0 Å². The van der Waals surface area contributed by atoms with E-state index in [1.165, 1.54) is 0 Å². The molecule has 0 aliphatic carbocycles. The zero-order valence-electron chi connectivity index (χ0n) is 23.3. The molecule has 0 unspecified atom stereocenters. The molecule has 0 bridgehead atoms. The molecule has 0 saturated heterocycles. The van der Waals surface area contributed by atoms with Crippen LogP contribution in [0.25, 0.3) is 10.9 Å². The topological polar surface area (TPSA) is 136 Å². The summed E-state index contributed by atoms with van der Waals surface area (Å²) < 4.78 is 15.8. The van der Waals surface area contributed by atoms with Gasteiger partial charge in [0.15, 0.2) is 0 Å². The molecule has 1 heterocycles. The molecule has 10 heteroatoms. The third-order valence-electron chi connectivity index (χ3n) is 5.86. The maximum Gasteiger partial charge on any atom is 0.408 e. The van der Waals surface area contributed by atoms with Gasteiger partial charge >= 0.3 is 18.0 Å². The summed E-state index contributed by atoms with van der Waals surface area (Å²) in [7, 11) is 0. The smallest absolute Gasteiger partial charge is 0.408 e. The number of hydrogen-bond acceptors (Lipinski definition) is 7. The van der Waals surface area contributed by atoms with Crippen molar-refractivity contribution in [2.45, 2.75) is 71.2 Å². The lowest BCUT2D eigenvalue weighted by Crippen LogP contribution is -2.46. The first kappa shape index (κ1) is 30.2. The van der Waals surface area contributed by atoms with Crippen molar-refractivity contribution in [3.05, 3.63) is 71.9 Å². The van der Waals surface area contributed by atoms with Crippen LogP contribution >= 0.6 is 0 Å². The van der Waals surface area contributed by atoms with Crippen molar-refractivity contribution in [1.82, 2.24) is 15.6 Å². The third-order valence-corrected chi connectivity index (χ3v) is 5.86. The van der Waals surface area contributed by atoms with E-state index in [4.69, 9.17) is 14.2 Å². The quantitative estimate of drug-likeness (QED) is 0.227. The summed E-state index contributed by atoms with van der Waals surface area (Å²) >= 11 is 0. The summed E-state index contributed by atoms with van der Waals surface area (Å²) in [5.74, 6) is -1.75. The van der Waals surface area contributed by atoms with Crippen LogP contribution in [-0.4, -0.2) is 53.2 Å². The van der Waals surface area contributed by atoms with Crippen molar-refractivity contribution in [3.8, 4) is 0 Å². The Bertz CT molecular complexity index is 1300. The number of benzene rings is 2. The minimum atomic E-state index is -1.10. The standard InChI is InChI=1S/C30H37N3O7/c1-5-38-27(35)24(33-29(37)40-30(2,3)4)15-16-26(34)32-25(28(36)39-19-20-11-7-6-8-12-20)17-21-18-31-23-14-10-9-13-22(21)23/h6-14,18,24-25,31H,5,15-17,19H2,1-4H3,(H,32,34)(H,33,37)/t24-,25-/m1/s1. The predicted molar refractivity (Wildman–Crippen MR) is 149 cm³/mol. The highest BCUT2D eigenvalue weighted by Crippen LogP contribution is 2.20. The van der Waals surface area contributed by atoms with Gasteiger partial charge in [-0.3, -0.25) is 4.79 Å². The molecule has 0 saturated carbocycles. The van der Waals surface area contributed by atoms with E-state index >= 15 is 0 Å². The number of hydrogen-bond donors (Lipinski definition) is 3. The van der Waals surface area contributed by atoms with Crippen molar-refractivity contribution in [1.29, 1.82) is 0 Å². The Morgan fingerprint density at radius 1 is 0.875 bits per heavy atom. The fraction of sp³-hybridized carbons (Fsp3) is 0.400. The Hall–Kier alpha value is -4.34. The van der Waals surface area contributed by atoms with E-state index in [9.17, 15) is 19.2 Å². The Kier molecular flexibility index (Phi) is 10.7. The van der Waals surface area contributed by atoms with Gasteiger partial charge in [0, 0.05) is 29.9 Å². The van der Waals surface area contributed by atoms with Gasteiger partial charge in [-0.2, -0.15) is 0 Å². The molecule has 3 N–H and O–H groups in total. The normalized spacial score (nSPS) is 12.7. The second-order valence-electron chi connectivity index (χ2n) is 10.3. The van der Waals surface area contributed by atoms with Crippen LogP contribution in [0.3, 0.4) is 0 Å². The first-order chi connectivity index (χ1) is 19.1. The molecule has 0 aliphatic heterocycles. The number of carbonyl (C=O) groups is 4. The summed E-state index contributed by atoms with van der Waals surface area (Å²) in [4.78, 5) is 54.0. The monoisotopic (exact) mass is 551 g/mol. The molecule has 2 atom stereocenters. The molecule has 214 valence electrons. The Morgan fingerprint density at radius 3 is 2.25 bits per heavy atom. The van der Waals surface area contributed by atoms with E-state index in [2.05, 4.69) is 15.6 Å². The van der Waals surface area contributed by atoms with Crippen LogP contribution in [0.5, 0.6) is 0 Å². The van der Waals surface area contributed by atoms with E-state index in [0.29, 0.717) is 0 Å². The van der Waals surface area contributed by atoms with Gasteiger partial charge in [0.1, 0.15) is 24.3 Å². The number of rotatable bonds is 12. The molecule has 0 aliphatic rings. The van der Waals surface area contributed by atoms with E-state index in [0.717, 1.165) is 22.0 Å². The van der Waals surface area contributed by atoms with Gasteiger partial charge < -0.3 is 29.8 Å². The fourth-order valence-corrected chi connectivity index (χ4v) is 4.03. The number of esters is 2. The Balaban J connectivity index is 1.69. The number of ether oxygens (including phenoxy) is 3. The highest BCUT2D eigenvalue weighted by atomic mass is 16.6. The van der Waals surface area contributed by atoms with Crippen LogP contribution in [0.1, 0.15) is 51.7 Å². The summed E-state index contributed by atoms with van der Waals surface area (Å²) in [6.45, 7) is 6.91. The highest BCUT2D eigenvalue weighted by Gasteiger charge is 2.28. The molecule has 0 fully saturated rings. The maximum atomic E-state index is 13.1. The summed E-state index contributed by atoms with van der Waals surface area (Å²) in [5.41, 5.74) is 1.80. The van der Waals surface area contributed by atoms with Gasteiger partial charge in [-0.15, -0.1) is 0 Å². The lowest BCUT2D eigenvalue weighted by molar-refractivity contribution is -0.149. The average molecular weight is 552 g/mol. The molecule has 3 rings (SSSR count). The Labute approximate surface area is 233 Å². The van der Waals surface area contributed by atoms with Gasteiger partial charge in [-0.1, -0.05) is 48.5 Å². The van der Waals surface area contributed by atoms with Crippen LogP contribution in [0.15, 0.2) is 60.8 Å². The lowest BCUT2D eigenvalue weighted by atomic mass is 10.0. The summed E-state index contributed by atoms with van der Waals surface area (Å²) in [6, 6.07) is 14.8. The van der Waals surface area contributed by atoms with Gasteiger partial charge in [-0.05, 0) is 51.3 Å². The third kappa shape index (κ3) is 9.44. The highest BCUT2D eigenvalue weighted by molar-refractivity contribution is 5.88. The number of nitrogens with one attached hydrogen (secondary N) is 3. The number of amides is 2.